The molecule has 0 bridgehead atoms. The Hall–Kier alpha value is -1.37. The molecule has 0 saturated carbocycles. The summed E-state index contributed by atoms with van der Waals surface area (Å²) in [4.78, 5) is 6.86. The van der Waals surface area contributed by atoms with Gasteiger partial charge in [0.15, 0.2) is 5.01 Å². The number of hydrogen-bond donors (Lipinski definition) is 1. The largest absolute Gasteiger partial charge is 0.400 e. The molecule has 1 atom stereocenters. The van der Waals surface area contributed by atoms with Crippen LogP contribution < -0.4 is 0 Å². The number of nitrogens with zero attached hydrogens (tertiary/aromatic N) is 4. The predicted molar refractivity (Wildman–Crippen MR) is 110 cm³/mol. The molecule has 2 aromatic heterocycles. The summed E-state index contributed by atoms with van der Waals surface area (Å²) in [5.41, 5.74) is 2.14. The van der Waals surface area contributed by atoms with E-state index in [9.17, 15) is 0 Å². The van der Waals surface area contributed by atoms with Crippen molar-refractivity contribution in [3.05, 3.63) is 28.9 Å². The van der Waals surface area contributed by atoms with Crippen molar-refractivity contribution in [3.8, 4) is 10.7 Å². The number of pyridine rings is 1. The molecule has 0 spiro atoms. The van der Waals surface area contributed by atoms with E-state index in [4.69, 9.17) is 5.11 Å². The number of aliphatic hydroxyl groups excluding tert-OH is 1. The van der Waals surface area contributed by atoms with Crippen molar-refractivity contribution < 1.29 is 5.11 Å². The maximum Gasteiger partial charge on any atom is 0.166 e. The van der Waals surface area contributed by atoms with Crippen LogP contribution in [0.25, 0.3) is 10.7 Å². The maximum absolute atomic E-state index is 7.00. The van der Waals surface area contributed by atoms with E-state index >= 15 is 0 Å². The van der Waals surface area contributed by atoms with Crippen LogP contribution in [0.2, 0.25) is 0 Å². The molecule has 3 heterocycles. The lowest BCUT2D eigenvalue weighted by molar-refractivity contribution is 0.176. The number of aryl methyl sites for hydroxylation is 1. The fraction of sp³-hybridized carbons (Fsp3) is 0.650. The number of likely N-dealkylation sites (tertiary alicyclic amines) is 1. The molecule has 1 saturated heterocycles. The highest BCUT2D eigenvalue weighted by molar-refractivity contribution is 7.14. The molecule has 0 aliphatic carbocycles. The van der Waals surface area contributed by atoms with Gasteiger partial charge in [-0.3, -0.25) is 9.88 Å². The number of piperidine rings is 1. The molecule has 0 amide bonds. The van der Waals surface area contributed by atoms with Gasteiger partial charge in [-0.05, 0) is 55.8 Å². The van der Waals surface area contributed by atoms with Gasteiger partial charge in [-0.1, -0.05) is 39.0 Å². The van der Waals surface area contributed by atoms with Gasteiger partial charge in [-0.2, -0.15) is 0 Å². The van der Waals surface area contributed by atoms with Crippen LogP contribution in [0.15, 0.2) is 18.3 Å². The van der Waals surface area contributed by atoms with Gasteiger partial charge in [-0.25, -0.2) is 0 Å². The van der Waals surface area contributed by atoms with Gasteiger partial charge in [0.25, 0.3) is 0 Å². The molecule has 1 aliphatic rings. The molecule has 0 aromatic carbocycles. The normalized spacial score (nSPS) is 17.2. The molecule has 1 aliphatic heterocycles. The minimum absolute atomic E-state index is 0.801. The number of rotatable bonds is 3. The first-order valence-corrected chi connectivity index (χ1v) is 10.2. The Kier molecular flexibility index (Phi) is 10.5. The Labute approximate surface area is 162 Å². The number of hydrogen-bond acceptors (Lipinski definition) is 6. The van der Waals surface area contributed by atoms with Gasteiger partial charge < -0.3 is 5.11 Å². The average molecular weight is 379 g/mol. The molecule has 5 nitrogen and oxygen atoms in total. The Morgan fingerprint density at radius 3 is 2.58 bits per heavy atom. The molecule has 0 radical (unpaired) electrons. The summed E-state index contributed by atoms with van der Waals surface area (Å²) in [5.74, 6) is 1.63. The minimum atomic E-state index is 0.801. The van der Waals surface area contributed by atoms with Crippen molar-refractivity contribution in [2.75, 3.05) is 20.2 Å². The molecule has 3 rings (SSSR count). The van der Waals surface area contributed by atoms with E-state index in [2.05, 4.69) is 60.8 Å². The zero-order valence-electron chi connectivity index (χ0n) is 17.1. The second-order valence-electron chi connectivity index (χ2n) is 7.43. The van der Waals surface area contributed by atoms with Gasteiger partial charge in [0.2, 0.25) is 0 Å². The highest BCUT2D eigenvalue weighted by Crippen LogP contribution is 2.24. The van der Waals surface area contributed by atoms with E-state index in [1.54, 1.807) is 11.3 Å². The van der Waals surface area contributed by atoms with E-state index in [0.717, 1.165) is 41.2 Å². The van der Waals surface area contributed by atoms with Crippen molar-refractivity contribution in [1.82, 2.24) is 20.1 Å². The first-order chi connectivity index (χ1) is 12.4. The van der Waals surface area contributed by atoms with Crippen molar-refractivity contribution in [2.24, 2.45) is 11.8 Å². The molecule has 1 fully saturated rings. The van der Waals surface area contributed by atoms with Crippen LogP contribution in [-0.2, 0) is 6.54 Å². The van der Waals surface area contributed by atoms with Crippen LogP contribution in [0.4, 0.5) is 0 Å². The summed E-state index contributed by atoms with van der Waals surface area (Å²) in [6.45, 7) is 14.2. The molecule has 2 aromatic rings. The summed E-state index contributed by atoms with van der Waals surface area (Å²) >= 11 is 1.66. The highest BCUT2D eigenvalue weighted by Gasteiger charge is 2.18. The molecular weight excluding hydrogens is 344 g/mol. The number of aliphatic hydroxyl groups is 1. The van der Waals surface area contributed by atoms with Crippen molar-refractivity contribution in [2.45, 2.75) is 54.0 Å². The molecule has 6 heteroatoms. The van der Waals surface area contributed by atoms with Crippen LogP contribution in [0.3, 0.4) is 0 Å². The van der Waals surface area contributed by atoms with E-state index in [0.29, 0.717) is 0 Å². The lowest BCUT2D eigenvalue weighted by Crippen LogP contribution is -2.33. The summed E-state index contributed by atoms with van der Waals surface area (Å²) in [7, 11) is 1.00. The van der Waals surface area contributed by atoms with Crippen LogP contribution in [0.1, 0.15) is 51.1 Å². The third-order valence-corrected chi connectivity index (χ3v) is 4.63. The maximum atomic E-state index is 7.00. The Morgan fingerprint density at radius 1 is 1.27 bits per heavy atom. The van der Waals surface area contributed by atoms with Gasteiger partial charge in [0.1, 0.15) is 10.7 Å². The zero-order chi connectivity index (χ0) is 19.5. The molecule has 26 heavy (non-hydrogen) atoms. The Balaban J connectivity index is 0.000000500. The fourth-order valence-corrected chi connectivity index (χ4v) is 3.55. The van der Waals surface area contributed by atoms with Gasteiger partial charge in [0.05, 0.1) is 6.54 Å². The van der Waals surface area contributed by atoms with Crippen LogP contribution >= 0.6 is 11.3 Å². The molecule has 1 N–H and O–H groups in total. The van der Waals surface area contributed by atoms with Crippen molar-refractivity contribution >= 4 is 11.3 Å². The standard InChI is InChI=1S/C15H20N4S.C4H10.CH4O/c1-11-5-6-16-13(8-11)15-18-17-14(20-15)10-19-7-3-4-12(2)9-19;1-4(2)3;1-2/h5-6,8,12H,3-4,7,9-10H2,1-2H3;4H,1-3H3;2H,1H3. The highest BCUT2D eigenvalue weighted by atomic mass is 32.1. The molecular formula is C20H34N4OS. The first-order valence-electron chi connectivity index (χ1n) is 9.36. The second-order valence-corrected chi connectivity index (χ2v) is 8.50. The number of aromatic nitrogens is 3. The van der Waals surface area contributed by atoms with E-state index < -0.39 is 0 Å². The van der Waals surface area contributed by atoms with Gasteiger partial charge >= 0.3 is 0 Å². The summed E-state index contributed by atoms with van der Waals surface area (Å²) in [5, 5.41) is 17.6. The summed E-state index contributed by atoms with van der Waals surface area (Å²) in [6, 6.07) is 4.06. The van der Waals surface area contributed by atoms with Crippen LogP contribution in [0, 0.1) is 18.8 Å². The van der Waals surface area contributed by atoms with E-state index in [1.807, 2.05) is 12.3 Å². The van der Waals surface area contributed by atoms with Crippen LogP contribution in [-0.4, -0.2) is 45.4 Å². The van der Waals surface area contributed by atoms with Gasteiger partial charge in [-0.15, -0.1) is 10.2 Å². The molecule has 146 valence electrons. The average Bonchev–Trinajstić information content (AvgIpc) is 3.05. The summed E-state index contributed by atoms with van der Waals surface area (Å²) < 4.78 is 0. The zero-order valence-corrected chi connectivity index (χ0v) is 17.9. The SMILES string of the molecule is CC(C)C.CO.Cc1ccnc(-c2nnc(CN3CCCC(C)C3)s2)c1. The fourth-order valence-electron chi connectivity index (χ4n) is 2.70. The van der Waals surface area contributed by atoms with E-state index in [1.165, 1.54) is 31.5 Å². The summed E-state index contributed by atoms with van der Waals surface area (Å²) in [6.07, 6.45) is 4.48. The lowest BCUT2D eigenvalue weighted by Gasteiger charge is -2.29. The monoisotopic (exact) mass is 378 g/mol. The third kappa shape index (κ3) is 8.34. The smallest absolute Gasteiger partial charge is 0.166 e. The topological polar surface area (TPSA) is 62.1 Å². The van der Waals surface area contributed by atoms with E-state index in [-0.39, 0.29) is 0 Å². The van der Waals surface area contributed by atoms with Crippen molar-refractivity contribution in [3.63, 3.8) is 0 Å². The van der Waals surface area contributed by atoms with Gasteiger partial charge in [0, 0.05) is 19.9 Å². The lowest BCUT2D eigenvalue weighted by atomic mass is 10.0. The van der Waals surface area contributed by atoms with Crippen molar-refractivity contribution in [1.29, 1.82) is 0 Å². The first kappa shape index (κ1) is 22.7. The Bertz CT molecular complexity index is 627. The Morgan fingerprint density at radius 2 is 1.96 bits per heavy atom. The van der Waals surface area contributed by atoms with Crippen LogP contribution in [0.5, 0.6) is 0 Å². The minimum Gasteiger partial charge on any atom is -0.400 e. The predicted octanol–water partition coefficient (Wildman–Crippen LogP) is 4.41. The third-order valence-electron chi connectivity index (χ3n) is 3.70. The quantitative estimate of drug-likeness (QED) is 0.857. The second kappa shape index (κ2) is 12.1. The molecule has 1 unspecified atom stereocenters.